The molecule has 0 amide bonds. The summed E-state index contributed by atoms with van der Waals surface area (Å²) >= 11 is 6.20. The molecule has 1 unspecified atom stereocenters. The van der Waals surface area contributed by atoms with Crippen LogP contribution in [-0.4, -0.2) is 18.3 Å². The second kappa shape index (κ2) is 8.79. The van der Waals surface area contributed by atoms with E-state index in [-0.39, 0.29) is 0 Å². The Morgan fingerprint density at radius 1 is 1.18 bits per heavy atom. The Hall–Kier alpha value is -1.55. The van der Waals surface area contributed by atoms with Crippen molar-refractivity contribution in [2.45, 2.75) is 26.0 Å². The van der Waals surface area contributed by atoms with Crippen molar-refractivity contribution in [1.29, 1.82) is 0 Å². The van der Waals surface area contributed by atoms with Gasteiger partial charge in [-0.1, -0.05) is 54.9 Å². The van der Waals surface area contributed by atoms with E-state index in [0.29, 0.717) is 24.7 Å². The summed E-state index contributed by atoms with van der Waals surface area (Å²) in [5.41, 5.74) is 1.98. The molecule has 2 rings (SSSR count). The lowest BCUT2D eigenvalue weighted by molar-refractivity contribution is 0.174. The van der Waals surface area contributed by atoms with E-state index in [9.17, 15) is 5.11 Å². The van der Waals surface area contributed by atoms with Gasteiger partial charge in [0.15, 0.2) is 0 Å². The van der Waals surface area contributed by atoms with E-state index in [2.05, 4.69) is 12.2 Å². The average Bonchev–Trinajstić information content (AvgIpc) is 2.55. The molecule has 3 nitrogen and oxygen atoms in total. The van der Waals surface area contributed by atoms with Gasteiger partial charge in [0.2, 0.25) is 0 Å². The van der Waals surface area contributed by atoms with E-state index in [1.54, 1.807) is 0 Å². The predicted octanol–water partition coefficient (Wildman–Crippen LogP) is 3.95. The SMILES string of the molecule is CCCOc1ccc(CNCC(O)c2ccccc2)cc1Cl. The zero-order valence-corrected chi connectivity index (χ0v) is 13.5. The first-order valence-electron chi connectivity index (χ1n) is 7.55. The maximum absolute atomic E-state index is 10.1. The van der Waals surface area contributed by atoms with Gasteiger partial charge in [0.25, 0.3) is 0 Å². The monoisotopic (exact) mass is 319 g/mol. The van der Waals surface area contributed by atoms with Crippen LogP contribution in [0.3, 0.4) is 0 Å². The Morgan fingerprint density at radius 3 is 2.64 bits per heavy atom. The zero-order valence-electron chi connectivity index (χ0n) is 12.8. The molecule has 118 valence electrons. The molecule has 0 saturated heterocycles. The van der Waals surface area contributed by atoms with Crippen LogP contribution in [0.4, 0.5) is 0 Å². The number of aliphatic hydroxyl groups excluding tert-OH is 1. The molecule has 0 bridgehead atoms. The molecule has 4 heteroatoms. The molecular weight excluding hydrogens is 298 g/mol. The van der Waals surface area contributed by atoms with Crippen molar-refractivity contribution in [3.63, 3.8) is 0 Å². The van der Waals surface area contributed by atoms with Crippen molar-refractivity contribution in [2.24, 2.45) is 0 Å². The predicted molar refractivity (Wildman–Crippen MR) is 90.3 cm³/mol. The van der Waals surface area contributed by atoms with Gasteiger partial charge in [0, 0.05) is 13.1 Å². The number of hydrogen-bond acceptors (Lipinski definition) is 3. The van der Waals surface area contributed by atoms with Crippen molar-refractivity contribution in [2.75, 3.05) is 13.2 Å². The van der Waals surface area contributed by atoms with Gasteiger partial charge in [-0.05, 0) is 29.7 Å². The molecule has 1 atom stereocenters. The highest BCUT2D eigenvalue weighted by molar-refractivity contribution is 6.32. The van der Waals surface area contributed by atoms with Crippen LogP contribution in [0.1, 0.15) is 30.6 Å². The molecule has 2 aromatic rings. The van der Waals surface area contributed by atoms with Crippen LogP contribution >= 0.6 is 11.6 Å². The molecule has 2 aromatic carbocycles. The number of rotatable bonds is 8. The lowest BCUT2D eigenvalue weighted by Crippen LogP contribution is -2.21. The molecule has 0 spiro atoms. The number of aliphatic hydroxyl groups is 1. The van der Waals surface area contributed by atoms with Crippen molar-refractivity contribution < 1.29 is 9.84 Å². The van der Waals surface area contributed by atoms with Crippen LogP contribution in [0.15, 0.2) is 48.5 Å². The first-order chi connectivity index (χ1) is 10.7. The maximum atomic E-state index is 10.1. The molecule has 0 aliphatic carbocycles. The summed E-state index contributed by atoms with van der Waals surface area (Å²) in [6, 6.07) is 15.4. The van der Waals surface area contributed by atoms with Gasteiger partial charge in [-0.2, -0.15) is 0 Å². The summed E-state index contributed by atoms with van der Waals surface area (Å²) in [6.45, 7) is 3.87. The maximum Gasteiger partial charge on any atom is 0.137 e. The second-order valence-electron chi connectivity index (χ2n) is 5.17. The van der Waals surface area contributed by atoms with Crippen LogP contribution in [0.2, 0.25) is 5.02 Å². The average molecular weight is 320 g/mol. The molecule has 2 N–H and O–H groups in total. The number of nitrogens with one attached hydrogen (secondary N) is 1. The Balaban J connectivity index is 1.83. The molecule has 0 heterocycles. The molecule has 0 saturated carbocycles. The van der Waals surface area contributed by atoms with Crippen molar-refractivity contribution in [3.05, 3.63) is 64.7 Å². The fourth-order valence-electron chi connectivity index (χ4n) is 2.13. The Labute approximate surface area is 136 Å². The van der Waals surface area contributed by atoms with Gasteiger partial charge in [0.1, 0.15) is 5.75 Å². The summed E-state index contributed by atoms with van der Waals surface area (Å²) in [6.07, 6.45) is 0.445. The summed E-state index contributed by atoms with van der Waals surface area (Å²) < 4.78 is 5.55. The van der Waals surface area contributed by atoms with Crippen LogP contribution < -0.4 is 10.1 Å². The Bertz CT molecular complexity index is 575. The van der Waals surface area contributed by atoms with Gasteiger partial charge < -0.3 is 15.2 Å². The first-order valence-corrected chi connectivity index (χ1v) is 7.93. The zero-order chi connectivity index (χ0) is 15.8. The molecule has 0 aromatic heterocycles. The lowest BCUT2D eigenvalue weighted by atomic mass is 10.1. The first kappa shape index (κ1) is 16.8. The van der Waals surface area contributed by atoms with E-state index in [0.717, 1.165) is 23.3 Å². The summed E-state index contributed by atoms with van der Waals surface area (Å²) in [5, 5.41) is 13.9. The third-order valence-electron chi connectivity index (χ3n) is 3.31. The van der Waals surface area contributed by atoms with Crippen LogP contribution in [-0.2, 0) is 6.54 Å². The molecule has 0 fully saturated rings. The van der Waals surface area contributed by atoms with E-state index in [1.807, 2.05) is 48.5 Å². The Kier molecular flexibility index (Phi) is 6.72. The third kappa shape index (κ3) is 5.02. The van der Waals surface area contributed by atoms with Gasteiger partial charge in [-0.25, -0.2) is 0 Å². The van der Waals surface area contributed by atoms with E-state index < -0.39 is 6.10 Å². The highest BCUT2D eigenvalue weighted by Gasteiger charge is 2.07. The minimum atomic E-state index is -0.510. The van der Waals surface area contributed by atoms with Gasteiger partial charge in [-0.3, -0.25) is 0 Å². The standard InChI is InChI=1S/C18H22ClNO2/c1-2-10-22-18-9-8-14(11-16(18)19)12-20-13-17(21)15-6-4-3-5-7-15/h3-9,11,17,20-21H,2,10,12-13H2,1H3. The Morgan fingerprint density at radius 2 is 1.95 bits per heavy atom. The summed E-state index contributed by atoms with van der Waals surface area (Å²) in [7, 11) is 0. The number of benzene rings is 2. The molecule has 22 heavy (non-hydrogen) atoms. The van der Waals surface area contributed by atoms with E-state index >= 15 is 0 Å². The summed E-state index contributed by atoms with van der Waals surface area (Å²) in [4.78, 5) is 0. The third-order valence-corrected chi connectivity index (χ3v) is 3.60. The lowest BCUT2D eigenvalue weighted by Gasteiger charge is -2.13. The van der Waals surface area contributed by atoms with Gasteiger partial charge >= 0.3 is 0 Å². The second-order valence-corrected chi connectivity index (χ2v) is 5.58. The van der Waals surface area contributed by atoms with E-state index in [1.165, 1.54) is 0 Å². The van der Waals surface area contributed by atoms with Crippen molar-refractivity contribution >= 4 is 11.6 Å². The molecule has 0 radical (unpaired) electrons. The number of halogens is 1. The minimum Gasteiger partial charge on any atom is -0.492 e. The normalized spacial score (nSPS) is 12.1. The quantitative estimate of drug-likeness (QED) is 0.774. The number of hydrogen-bond donors (Lipinski definition) is 2. The largest absolute Gasteiger partial charge is 0.492 e. The minimum absolute atomic E-state index is 0.496. The van der Waals surface area contributed by atoms with Crippen molar-refractivity contribution in [1.82, 2.24) is 5.32 Å². The topological polar surface area (TPSA) is 41.5 Å². The van der Waals surface area contributed by atoms with Crippen LogP contribution in [0, 0.1) is 0 Å². The fourth-order valence-corrected chi connectivity index (χ4v) is 2.39. The molecule has 0 aliphatic rings. The van der Waals surface area contributed by atoms with Crippen LogP contribution in [0.25, 0.3) is 0 Å². The van der Waals surface area contributed by atoms with Crippen LogP contribution in [0.5, 0.6) is 5.75 Å². The van der Waals surface area contributed by atoms with E-state index in [4.69, 9.17) is 16.3 Å². The molecule has 0 aliphatic heterocycles. The smallest absolute Gasteiger partial charge is 0.137 e. The molecular formula is C18H22ClNO2. The number of ether oxygens (including phenoxy) is 1. The summed E-state index contributed by atoms with van der Waals surface area (Å²) in [5.74, 6) is 0.719. The highest BCUT2D eigenvalue weighted by Crippen LogP contribution is 2.25. The fraction of sp³-hybridized carbons (Fsp3) is 0.333. The van der Waals surface area contributed by atoms with Gasteiger partial charge in [0.05, 0.1) is 17.7 Å². The van der Waals surface area contributed by atoms with Gasteiger partial charge in [-0.15, -0.1) is 0 Å². The van der Waals surface area contributed by atoms with Crippen molar-refractivity contribution in [3.8, 4) is 5.75 Å². The highest BCUT2D eigenvalue weighted by atomic mass is 35.5.